The highest BCUT2D eigenvalue weighted by molar-refractivity contribution is 6.31. The molecular weight excluding hydrogens is 466 g/mol. The van der Waals surface area contributed by atoms with Crippen molar-refractivity contribution in [2.75, 3.05) is 6.54 Å². The van der Waals surface area contributed by atoms with Crippen LogP contribution in [0.5, 0.6) is 0 Å². The van der Waals surface area contributed by atoms with E-state index in [1.165, 1.54) is 23.5 Å². The Morgan fingerprint density at radius 3 is 2.49 bits per heavy atom. The molecule has 3 rings (SSSR count). The number of nitrogens with zero attached hydrogens (tertiary/aromatic N) is 1. The Balaban J connectivity index is 1.97. The molecule has 5 N–H and O–H groups in total. The molecule has 186 valence electrons. The van der Waals surface area contributed by atoms with E-state index in [0.29, 0.717) is 16.2 Å². The summed E-state index contributed by atoms with van der Waals surface area (Å²) in [6.07, 6.45) is 10.2. The lowest BCUT2D eigenvalue weighted by atomic mass is 9.70. The zero-order valence-corrected chi connectivity index (χ0v) is 20.6. The Morgan fingerprint density at radius 1 is 1.31 bits per heavy atom. The summed E-state index contributed by atoms with van der Waals surface area (Å²) in [7, 11) is 0. The van der Waals surface area contributed by atoms with Crippen molar-refractivity contribution >= 4 is 42.2 Å². The van der Waals surface area contributed by atoms with Crippen LogP contribution in [0.1, 0.15) is 56.1 Å². The van der Waals surface area contributed by atoms with Gasteiger partial charge in [-0.05, 0) is 54.4 Å². The molecule has 2 amide bonds. The molecule has 2 atom stereocenters. The molecule has 1 aromatic rings. The molecule has 0 saturated heterocycles. The van der Waals surface area contributed by atoms with Gasteiger partial charge in [-0.2, -0.15) is 0 Å². The fourth-order valence-corrected chi connectivity index (χ4v) is 5.35. The van der Waals surface area contributed by atoms with E-state index in [9.17, 15) is 9.59 Å². The molecule has 8 nitrogen and oxygen atoms in total. The van der Waals surface area contributed by atoms with Crippen molar-refractivity contribution in [3.8, 4) is 0 Å². The third kappa shape index (κ3) is 5.07. The zero-order chi connectivity index (χ0) is 25.8. The van der Waals surface area contributed by atoms with E-state index in [1.54, 1.807) is 12.3 Å². The van der Waals surface area contributed by atoms with Gasteiger partial charge in [-0.15, -0.1) is 6.58 Å². The highest BCUT2D eigenvalue weighted by atomic mass is 35.5. The number of rotatable bonds is 10. The van der Waals surface area contributed by atoms with Crippen LogP contribution in [0.15, 0.2) is 42.6 Å². The van der Waals surface area contributed by atoms with Crippen LogP contribution in [0.4, 0.5) is 4.79 Å². The van der Waals surface area contributed by atoms with E-state index in [2.05, 4.69) is 11.9 Å². The second-order valence-corrected chi connectivity index (χ2v) is 9.76. The van der Waals surface area contributed by atoms with Gasteiger partial charge < -0.3 is 31.6 Å². The summed E-state index contributed by atoms with van der Waals surface area (Å²) in [6, 6.07) is 5.25. The topological polar surface area (TPSA) is 141 Å². The number of carboxylic acids is 1. The molecular formula is C26H32ClN5O3. The number of benzene rings is 1. The van der Waals surface area contributed by atoms with Gasteiger partial charge in [0.1, 0.15) is 5.54 Å². The summed E-state index contributed by atoms with van der Waals surface area (Å²) in [4.78, 5) is 25.3. The maximum Gasteiger partial charge on any atom is 0.322 e. The van der Waals surface area contributed by atoms with Gasteiger partial charge in [0.05, 0.1) is 6.42 Å². The van der Waals surface area contributed by atoms with E-state index >= 15 is 0 Å². The summed E-state index contributed by atoms with van der Waals surface area (Å²) in [5.41, 5.74) is 0.830. The smallest absolute Gasteiger partial charge is 0.322 e. The number of nitrogens with one attached hydrogen (secondary N) is 4. The van der Waals surface area contributed by atoms with Gasteiger partial charge in [0.25, 0.3) is 0 Å². The molecule has 1 fully saturated rings. The summed E-state index contributed by atoms with van der Waals surface area (Å²) in [6.45, 7) is 5.83. The molecule has 0 aromatic heterocycles. The van der Waals surface area contributed by atoms with E-state index in [4.69, 9.17) is 32.9 Å². The Morgan fingerprint density at radius 2 is 1.97 bits per heavy atom. The summed E-state index contributed by atoms with van der Waals surface area (Å²) >= 11 is 6.77. The zero-order valence-electron chi connectivity index (χ0n) is 19.8. The highest BCUT2D eigenvalue weighted by Crippen LogP contribution is 2.45. The van der Waals surface area contributed by atoms with Crippen molar-refractivity contribution < 1.29 is 14.7 Å². The van der Waals surface area contributed by atoms with E-state index in [-0.39, 0.29) is 24.8 Å². The second-order valence-electron chi connectivity index (χ2n) is 9.35. The maximum absolute atomic E-state index is 12.9. The molecule has 1 unspecified atom stereocenters. The molecule has 0 spiro atoms. The minimum Gasteiger partial charge on any atom is -0.481 e. The van der Waals surface area contributed by atoms with Gasteiger partial charge >= 0.3 is 12.0 Å². The molecule has 0 radical (unpaired) electrons. The Labute approximate surface area is 210 Å². The number of urea groups is 1. The minimum absolute atomic E-state index is 0.0109. The average molecular weight is 498 g/mol. The van der Waals surface area contributed by atoms with E-state index in [1.807, 2.05) is 25.1 Å². The van der Waals surface area contributed by atoms with Crippen LogP contribution < -0.4 is 5.32 Å². The monoisotopic (exact) mass is 497 g/mol. The van der Waals surface area contributed by atoms with Crippen molar-refractivity contribution in [2.24, 2.45) is 11.3 Å². The van der Waals surface area contributed by atoms with Crippen LogP contribution in [0.3, 0.4) is 0 Å². The first-order valence-corrected chi connectivity index (χ1v) is 12.0. The highest BCUT2D eigenvalue weighted by Gasteiger charge is 2.42. The predicted molar refractivity (Wildman–Crippen MR) is 138 cm³/mol. The summed E-state index contributed by atoms with van der Waals surface area (Å²) in [5, 5.41) is 35.8. The van der Waals surface area contributed by atoms with Crippen molar-refractivity contribution in [2.45, 2.75) is 50.5 Å². The molecule has 1 aliphatic carbocycles. The fraction of sp³-hybridized carbons (Fsp3) is 0.423. The third-order valence-electron chi connectivity index (χ3n) is 7.32. The first-order valence-electron chi connectivity index (χ1n) is 11.7. The third-order valence-corrected chi connectivity index (χ3v) is 7.64. The number of carbonyl (C=O) groups excluding carboxylic acids is 1. The van der Waals surface area contributed by atoms with Crippen LogP contribution in [0.2, 0.25) is 5.02 Å². The lowest BCUT2D eigenvalue weighted by Crippen LogP contribution is -2.55. The van der Waals surface area contributed by atoms with Gasteiger partial charge in [0.2, 0.25) is 0 Å². The summed E-state index contributed by atoms with van der Waals surface area (Å²) < 4.78 is 0. The van der Waals surface area contributed by atoms with Crippen molar-refractivity contribution in [3.05, 3.63) is 58.8 Å². The second kappa shape index (κ2) is 10.6. The molecule has 1 aromatic carbocycles. The molecule has 1 heterocycles. The SMILES string of the molecule is C=C[C@]1(c2ccc(C3CCC(C=N)(C=N)CC3)c(Cl)c2)NC(=O)N(CCC(=O)O)C=C1C(C)C=N. The number of hydrogen-bond acceptors (Lipinski definition) is 5. The Hall–Kier alpha value is -3.26. The Kier molecular flexibility index (Phi) is 7.95. The van der Waals surface area contributed by atoms with Gasteiger partial charge in [-0.25, -0.2) is 4.79 Å². The van der Waals surface area contributed by atoms with Crippen LogP contribution in [-0.2, 0) is 10.3 Å². The lowest BCUT2D eigenvalue weighted by molar-refractivity contribution is -0.137. The number of amides is 2. The minimum atomic E-state index is -1.10. The first-order chi connectivity index (χ1) is 16.6. The van der Waals surface area contributed by atoms with Crippen molar-refractivity contribution in [1.29, 1.82) is 16.2 Å². The van der Waals surface area contributed by atoms with Crippen molar-refractivity contribution in [3.63, 3.8) is 0 Å². The van der Waals surface area contributed by atoms with Crippen LogP contribution >= 0.6 is 11.6 Å². The molecule has 1 saturated carbocycles. The molecule has 1 aliphatic heterocycles. The van der Waals surface area contributed by atoms with Gasteiger partial charge in [-0.3, -0.25) is 4.79 Å². The fourth-order valence-electron chi connectivity index (χ4n) is 5.02. The number of halogens is 1. The van der Waals surface area contributed by atoms with Crippen LogP contribution in [0, 0.1) is 27.6 Å². The molecule has 2 aliphatic rings. The number of aliphatic carboxylic acids is 1. The number of hydrogen-bond donors (Lipinski definition) is 5. The Bertz CT molecular complexity index is 1070. The van der Waals surface area contributed by atoms with Crippen LogP contribution in [-0.4, -0.2) is 47.2 Å². The normalized spacial score (nSPS) is 27.3. The largest absolute Gasteiger partial charge is 0.481 e. The number of carbonyl (C=O) groups is 2. The maximum atomic E-state index is 12.9. The van der Waals surface area contributed by atoms with Gasteiger partial charge in [0, 0.05) is 47.7 Å². The van der Waals surface area contributed by atoms with Gasteiger partial charge in [-0.1, -0.05) is 36.7 Å². The molecule has 9 heteroatoms. The molecule has 35 heavy (non-hydrogen) atoms. The first kappa shape index (κ1) is 26.3. The summed E-state index contributed by atoms with van der Waals surface area (Å²) in [5.74, 6) is -1.14. The van der Waals surface area contributed by atoms with E-state index < -0.39 is 23.0 Å². The quantitative estimate of drug-likeness (QED) is 0.220. The standard InChI is InChI=1S/C26H32ClN5O3/c1-3-26(21(17(2)13-28)14-32(24(35)31-26)11-8-23(33)34)19-4-5-20(22(27)12-19)18-6-9-25(15-29,16-30)10-7-18/h3-5,12-18,28-30H,1,6-11H2,2H3,(H,31,35)(H,33,34)/t17?,18?,25?,26-/m1/s1. The van der Waals surface area contributed by atoms with Crippen molar-refractivity contribution in [1.82, 2.24) is 10.2 Å². The van der Waals surface area contributed by atoms with E-state index in [0.717, 1.165) is 31.2 Å². The predicted octanol–water partition coefficient (Wildman–Crippen LogP) is 5.33. The van der Waals surface area contributed by atoms with Gasteiger partial charge in [0.15, 0.2) is 0 Å². The lowest BCUT2D eigenvalue weighted by Gasteiger charge is -2.43. The number of carboxylic acid groups (broad SMARTS) is 1. The average Bonchev–Trinajstić information content (AvgIpc) is 2.87. The molecule has 0 bridgehead atoms. The van der Waals surface area contributed by atoms with Crippen LogP contribution in [0.25, 0.3) is 0 Å².